The molecule has 0 radical (unpaired) electrons. The molecule has 0 fully saturated rings. The van der Waals surface area contributed by atoms with E-state index in [2.05, 4.69) is 18.3 Å². The Morgan fingerprint density at radius 1 is 1.60 bits per heavy atom. The summed E-state index contributed by atoms with van der Waals surface area (Å²) in [5.74, 6) is 0.935. The summed E-state index contributed by atoms with van der Waals surface area (Å²) in [6, 6.07) is 6.32. The fourth-order valence-corrected chi connectivity index (χ4v) is 1.30. The predicted octanol–water partition coefficient (Wildman–Crippen LogP) is 2.87. The lowest BCUT2D eigenvalue weighted by Crippen LogP contribution is -2.23. The van der Waals surface area contributed by atoms with Crippen LogP contribution in [0.4, 0.5) is 0 Å². The lowest BCUT2D eigenvalue weighted by molar-refractivity contribution is 0.386. The summed E-state index contributed by atoms with van der Waals surface area (Å²) < 4.78 is 5.28. The van der Waals surface area contributed by atoms with E-state index in [1.54, 1.807) is 6.26 Å². The molecule has 1 aromatic rings. The summed E-state index contributed by atoms with van der Waals surface area (Å²) in [6.45, 7) is 6.78. The molecule has 0 aliphatic heterocycles. The third kappa shape index (κ3) is 3.77. The molecule has 1 atom stereocenters. The zero-order chi connectivity index (χ0) is 11.3. The van der Waals surface area contributed by atoms with Gasteiger partial charge < -0.3 is 9.73 Å². The number of hydrogen-bond acceptors (Lipinski definition) is 3. The number of nitriles is 1. The Labute approximate surface area is 91.1 Å². The van der Waals surface area contributed by atoms with Crippen molar-refractivity contribution in [1.82, 2.24) is 5.32 Å². The zero-order valence-electron chi connectivity index (χ0n) is 9.58. The molecule has 15 heavy (non-hydrogen) atoms. The smallest absolute Gasteiger partial charge is 0.120 e. The molecule has 1 heterocycles. The summed E-state index contributed by atoms with van der Waals surface area (Å²) in [5, 5.41) is 12.2. The third-order valence-electron chi connectivity index (χ3n) is 2.47. The fourth-order valence-electron chi connectivity index (χ4n) is 1.30. The van der Waals surface area contributed by atoms with E-state index in [1.165, 1.54) is 0 Å². The Bertz CT molecular complexity index is 322. The fraction of sp³-hybridized carbons (Fsp3) is 0.583. The summed E-state index contributed by atoms with van der Waals surface area (Å²) in [6.07, 6.45) is 2.52. The maximum atomic E-state index is 8.85. The normalized spacial score (nSPS) is 13.5. The van der Waals surface area contributed by atoms with Crippen molar-refractivity contribution in [2.24, 2.45) is 5.41 Å². The van der Waals surface area contributed by atoms with Crippen molar-refractivity contribution in [2.45, 2.75) is 33.2 Å². The minimum Gasteiger partial charge on any atom is -0.468 e. The van der Waals surface area contributed by atoms with E-state index < -0.39 is 0 Å². The molecule has 82 valence electrons. The lowest BCUT2D eigenvalue weighted by atomic mass is 9.91. The Balaban J connectivity index is 2.30. The van der Waals surface area contributed by atoms with Gasteiger partial charge in [-0.3, -0.25) is 0 Å². The second-order valence-electron chi connectivity index (χ2n) is 4.44. The summed E-state index contributed by atoms with van der Waals surface area (Å²) in [7, 11) is 0. The van der Waals surface area contributed by atoms with Crippen molar-refractivity contribution in [1.29, 1.82) is 5.26 Å². The van der Waals surface area contributed by atoms with E-state index in [9.17, 15) is 0 Å². The van der Waals surface area contributed by atoms with E-state index in [-0.39, 0.29) is 11.5 Å². The molecule has 0 unspecified atom stereocenters. The average molecular weight is 206 g/mol. The molecule has 0 aliphatic rings. The molecule has 0 amide bonds. The van der Waals surface area contributed by atoms with E-state index in [0.717, 1.165) is 18.7 Å². The van der Waals surface area contributed by atoms with Crippen LogP contribution in [0.1, 0.15) is 39.0 Å². The van der Waals surface area contributed by atoms with E-state index in [1.807, 2.05) is 26.0 Å². The molecule has 0 saturated carbocycles. The predicted molar refractivity (Wildman–Crippen MR) is 59.1 cm³/mol. The molecule has 3 nitrogen and oxygen atoms in total. The van der Waals surface area contributed by atoms with Gasteiger partial charge in [0.15, 0.2) is 0 Å². The second-order valence-corrected chi connectivity index (χ2v) is 4.44. The van der Waals surface area contributed by atoms with Crippen LogP contribution in [-0.4, -0.2) is 6.54 Å². The van der Waals surface area contributed by atoms with Gasteiger partial charge in [-0.15, -0.1) is 0 Å². The van der Waals surface area contributed by atoms with Gasteiger partial charge in [-0.2, -0.15) is 5.26 Å². The standard InChI is InChI=1S/C12H18N2O/c1-10(11-5-4-8-15-11)14-7-6-12(2,3)9-13/h4-5,8,10,14H,6-7H2,1-3H3/t10-/m1/s1. The molecule has 1 N–H and O–H groups in total. The van der Waals surface area contributed by atoms with Crippen LogP contribution in [-0.2, 0) is 0 Å². The van der Waals surface area contributed by atoms with Gasteiger partial charge in [0, 0.05) is 0 Å². The first-order valence-corrected chi connectivity index (χ1v) is 5.23. The van der Waals surface area contributed by atoms with Crippen LogP contribution >= 0.6 is 0 Å². The van der Waals surface area contributed by atoms with Crippen molar-refractivity contribution < 1.29 is 4.42 Å². The summed E-state index contributed by atoms with van der Waals surface area (Å²) >= 11 is 0. The van der Waals surface area contributed by atoms with Crippen LogP contribution in [0.2, 0.25) is 0 Å². The number of nitrogens with zero attached hydrogens (tertiary/aromatic N) is 1. The van der Waals surface area contributed by atoms with Crippen LogP contribution < -0.4 is 5.32 Å². The molecule has 0 spiro atoms. The zero-order valence-corrected chi connectivity index (χ0v) is 9.58. The Hall–Kier alpha value is -1.27. The quantitative estimate of drug-likeness (QED) is 0.805. The number of hydrogen-bond donors (Lipinski definition) is 1. The summed E-state index contributed by atoms with van der Waals surface area (Å²) in [5.41, 5.74) is -0.254. The van der Waals surface area contributed by atoms with Gasteiger partial charge in [-0.05, 0) is 45.9 Å². The van der Waals surface area contributed by atoms with Gasteiger partial charge in [0.1, 0.15) is 5.76 Å². The maximum Gasteiger partial charge on any atom is 0.120 e. The molecule has 0 aromatic carbocycles. The number of furan rings is 1. The first-order valence-electron chi connectivity index (χ1n) is 5.23. The molecule has 1 rings (SSSR count). The number of nitrogens with one attached hydrogen (secondary N) is 1. The topological polar surface area (TPSA) is 49.0 Å². The molecular weight excluding hydrogens is 188 g/mol. The highest BCUT2D eigenvalue weighted by atomic mass is 16.3. The molecule has 1 aromatic heterocycles. The third-order valence-corrected chi connectivity index (χ3v) is 2.47. The van der Waals surface area contributed by atoms with E-state index in [4.69, 9.17) is 9.68 Å². The van der Waals surface area contributed by atoms with Gasteiger partial charge in [0.25, 0.3) is 0 Å². The van der Waals surface area contributed by atoms with Crippen LogP contribution in [0.25, 0.3) is 0 Å². The lowest BCUT2D eigenvalue weighted by Gasteiger charge is -2.17. The average Bonchev–Trinajstić information content (AvgIpc) is 2.70. The molecular formula is C12H18N2O. The van der Waals surface area contributed by atoms with Crippen molar-refractivity contribution in [2.75, 3.05) is 6.54 Å². The molecule has 0 aliphatic carbocycles. The Morgan fingerprint density at radius 3 is 2.87 bits per heavy atom. The molecule has 3 heteroatoms. The van der Waals surface area contributed by atoms with Gasteiger partial charge in [0.05, 0.1) is 23.8 Å². The van der Waals surface area contributed by atoms with Crippen molar-refractivity contribution in [3.8, 4) is 6.07 Å². The van der Waals surface area contributed by atoms with E-state index in [0.29, 0.717) is 0 Å². The minimum absolute atomic E-state index is 0.203. The van der Waals surface area contributed by atoms with Gasteiger partial charge in [0.2, 0.25) is 0 Å². The van der Waals surface area contributed by atoms with Gasteiger partial charge in [-0.25, -0.2) is 0 Å². The SMILES string of the molecule is C[C@@H](NCCC(C)(C)C#N)c1ccco1. The van der Waals surface area contributed by atoms with Crippen molar-refractivity contribution >= 4 is 0 Å². The Morgan fingerprint density at radius 2 is 2.33 bits per heavy atom. The summed E-state index contributed by atoms with van der Waals surface area (Å²) in [4.78, 5) is 0. The monoisotopic (exact) mass is 206 g/mol. The van der Waals surface area contributed by atoms with Crippen LogP contribution in [0.15, 0.2) is 22.8 Å². The molecule has 0 bridgehead atoms. The number of rotatable bonds is 5. The Kier molecular flexibility index (Phi) is 3.93. The first-order chi connectivity index (χ1) is 7.05. The van der Waals surface area contributed by atoms with Crippen molar-refractivity contribution in [3.63, 3.8) is 0 Å². The second kappa shape index (κ2) is 4.99. The highest BCUT2D eigenvalue weighted by Gasteiger charge is 2.16. The first kappa shape index (κ1) is 11.8. The highest BCUT2D eigenvalue weighted by Crippen LogP contribution is 2.18. The van der Waals surface area contributed by atoms with E-state index >= 15 is 0 Å². The van der Waals surface area contributed by atoms with Crippen LogP contribution in [0.3, 0.4) is 0 Å². The van der Waals surface area contributed by atoms with Crippen LogP contribution in [0, 0.1) is 16.7 Å². The highest BCUT2D eigenvalue weighted by molar-refractivity contribution is 5.03. The molecule has 0 saturated heterocycles. The van der Waals surface area contributed by atoms with Crippen LogP contribution in [0.5, 0.6) is 0 Å². The van der Waals surface area contributed by atoms with Gasteiger partial charge >= 0.3 is 0 Å². The minimum atomic E-state index is -0.254. The maximum absolute atomic E-state index is 8.85. The van der Waals surface area contributed by atoms with Crippen molar-refractivity contribution in [3.05, 3.63) is 24.2 Å². The van der Waals surface area contributed by atoms with Gasteiger partial charge in [-0.1, -0.05) is 0 Å². The largest absolute Gasteiger partial charge is 0.468 e.